The fourth-order valence-electron chi connectivity index (χ4n) is 0.575. The Kier molecular flexibility index (Phi) is 4.62. The summed E-state index contributed by atoms with van der Waals surface area (Å²) in [4.78, 5) is 0. The van der Waals surface area contributed by atoms with Crippen molar-refractivity contribution >= 4 is 57.9 Å². The number of nitrogen functional groups attached to an aromatic ring is 1. The lowest BCUT2D eigenvalue weighted by Crippen LogP contribution is -1.84. The van der Waals surface area contributed by atoms with Crippen molar-refractivity contribution in [3.8, 4) is 0 Å². The highest BCUT2D eigenvalue weighted by atomic mass is 35.5. The van der Waals surface area contributed by atoms with E-state index >= 15 is 0 Å². The molecular weight excluding hydrogens is 219 g/mol. The van der Waals surface area contributed by atoms with Crippen molar-refractivity contribution < 1.29 is 0 Å². The normalized spacial score (nSPS) is 9.00. The molecule has 0 amide bonds. The third kappa shape index (κ3) is 2.74. The van der Waals surface area contributed by atoms with Gasteiger partial charge >= 0.3 is 0 Å². The largest absolute Gasteiger partial charge is 0.399 e. The molecule has 11 heavy (non-hydrogen) atoms. The monoisotopic (exact) mass is 225 g/mol. The van der Waals surface area contributed by atoms with E-state index in [9.17, 15) is 0 Å². The van der Waals surface area contributed by atoms with Crippen molar-refractivity contribution in [3.63, 3.8) is 0 Å². The standard InChI is InChI=1S/C6H4Cl3N.Al.3H/c7-4-1-3(10)2-5(8)6(4)9;;;;/h1-2H,10H2;;;;. The first-order valence-corrected chi connectivity index (χ1v) is 3.64. The molecule has 0 unspecified atom stereocenters. The number of hydrogen-bond acceptors (Lipinski definition) is 1. The van der Waals surface area contributed by atoms with Gasteiger partial charge in [0.15, 0.2) is 17.4 Å². The SMILES string of the molecule is Nc1cc(Cl)c(Cl)c(Cl)c1.[AlH3]. The topological polar surface area (TPSA) is 26.0 Å². The zero-order valence-corrected chi connectivity index (χ0v) is 7.13. The average molecular weight is 226 g/mol. The van der Waals surface area contributed by atoms with E-state index in [4.69, 9.17) is 40.5 Å². The molecule has 0 atom stereocenters. The van der Waals surface area contributed by atoms with E-state index < -0.39 is 0 Å². The van der Waals surface area contributed by atoms with Crippen molar-refractivity contribution in [1.82, 2.24) is 0 Å². The molecular formula is C6H7AlCl3N. The molecule has 0 bridgehead atoms. The van der Waals surface area contributed by atoms with Crippen molar-refractivity contribution in [3.05, 3.63) is 27.2 Å². The summed E-state index contributed by atoms with van der Waals surface area (Å²) in [6.07, 6.45) is 0. The quantitative estimate of drug-likeness (QED) is 0.409. The molecule has 5 heteroatoms. The van der Waals surface area contributed by atoms with Gasteiger partial charge < -0.3 is 5.73 Å². The zero-order valence-electron chi connectivity index (χ0n) is 4.87. The van der Waals surface area contributed by atoms with Crippen LogP contribution in [0.1, 0.15) is 0 Å². The maximum atomic E-state index is 5.63. The summed E-state index contributed by atoms with van der Waals surface area (Å²) < 4.78 is 0. The molecule has 0 saturated heterocycles. The van der Waals surface area contributed by atoms with E-state index in [1.807, 2.05) is 0 Å². The Morgan fingerprint density at radius 3 is 1.73 bits per heavy atom. The van der Waals surface area contributed by atoms with Crippen LogP contribution in [0, 0.1) is 0 Å². The van der Waals surface area contributed by atoms with Crippen molar-refractivity contribution in [2.75, 3.05) is 5.73 Å². The van der Waals surface area contributed by atoms with Crippen LogP contribution in [0.25, 0.3) is 0 Å². The van der Waals surface area contributed by atoms with E-state index in [2.05, 4.69) is 0 Å². The molecule has 1 nitrogen and oxygen atoms in total. The third-order valence-corrected chi connectivity index (χ3v) is 2.20. The summed E-state index contributed by atoms with van der Waals surface area (Å²) >= 11 is 16.9. The Morgan fingerprint density at radius 2 is 1.36 bits per heavy atom. The van der Waals surface area contributed by atoms with Gasteiger partial charge in [0.1, 0.15) is 0 Å². The highest BCUT2D eigenvalue weighted by molar-refractivity contribution is 6.48. The van der Waals surface area contributed by atoms with Gasteiger partial charge in [0.2, 0.25) is 0 Å². The number of benzene rings is 1. The molecule has 0 radical (unpaired) electrons. The Labute approximate surface area is 90.6 Å². The van der Waals surface area contributed by atoms with E-state index in [0.717, 1.165) is 0 Å². The van der Waals surface area contributed by atoms with Gasteiger partial charge in [-0.15, -0.1) is 0 Å². The summed E-state index contributed by atoms with van der Waals surface area (Å²) in [6.45, 7) is 0. The molecule has 0 saturated carbocycles. The van der Waals surface area contributed by atoms with Gasteiger partial charge in [-0.2, -0.15) is 0 Å². The fourth-order valence-corrected chi connectivity index (χ4v) is 1.19. The third-order valence-electron chi connectivity index (χ3n) is 1.01. The first-order chi connectivity index (χ1) is 4.61. The van der Waals surface area contributed by atoms with E-state index in [-0.39, 0.29) is 17.4 Å². The fraction of sp³-hybridized carbons (Fsp3) is 0. The minimum absolute atomic E-state index is 0. The zero-order chi connectivity index (χ0) is 7.72. The van der Waals surface area contributed by atoms with Crippen LogP contribution in [-0.2, 0) is 0 Å². The Morgan fingerprint density at radius 1 is 1.00 bits per heavy atom. The highest BCUT2D eigenvalue weighted by Crippen LogP contribution is 2.31. The second-order valence-corrected chi connectivity index (χ2v) is 2.99. The highest BCUT2D eigenvalue weighted by Gasteiger charge is 2.02. The van der Waals surface area contributed by atoms with Gasteiger partial charge in [-0.3, -0.25) is 0 Å². The van der Waals surface area contributed by atoms with Crippen LogP contribution in [0.5, 0.6) is 0 Å². The van der Waals surface area contributed by atoms with Gasteiger partial charge in [-0.1, -0.05) is 34.8 Å². The second kappa shape index (κ2) is 4.45. The smallest absolute Gasteiger partial charge is 0.187 e. The van der Waals surface area contributed by atoms with Gasteiger partial charge in [-0.25, -0.2) is 0 Å². The molecule has 1 aromatic carbocycles. The van der Waals surface area contributed by atoms with Crippen molar-refractivity contribution in [2.24, 2.45) is 0 Å². The molecule has 0 aliphatic heterocycles. The number of hydrogen-bond donors (Lipinski definition) is 1. The minimum Gasteiger partial charge on any atom is -0.399 e. The molecule has 0 aromatic heterocycles. The molecule has 1 aromatic rings. The summed E-state index contributed by atoms with van der Waals surface area (Å²) in [5.41, 5.74) is 5.91. The summed E-state index contributed by atoms with van der Waals surface area (Å²) in [5, 5.41) is 1.11. The van der Waals surface area contributed by atoms with Gasteiger partial charge in [0.25, 0.3) is 0 Å². The Bertz CT molecular complexity index is 241. The first kappa shape index (κ1) is 11.4. The molecule has 1 rings (SSSR count). The van der Waals surface area contributed by atoms with Crippen molar-refractivity contribution in [2.45, 2.75) is 0 Å². The predicted molar refractivity (Wildman–Crippen MR) is 55.8 cm³/mol. The first-order valence-electron chi connectivity index (χ1n) is 2.51. The molecule has 0 heterocycles. The number of nitrogens with two attached hydrogens (primary N) is 1. The molecule has 60 valence electrons. The van der Waals surface area contributed by atoms with E-state index in [1.165, 1.54) is 0 Å². The van der Waals surface area contributed by atoms with E-state index in [0.29, 0.717) is 20.8 Å². The lowest BCUT2D eigenvalue weighted by Gasteiger charge is -1.99. The lowest BCUT2D eigenvalue weighted by atomic mass is 10.3. The summed E-state index contributed by atoms with van der Waals surface area (Å²) in [7, 11) is 0. The second-order valence-electron chi connectivity index (χ2n) is 1.80. The molecule has 0 aliphatic rings. The molecule has 0 fully saturated rings. The van der Waals surface area contributed by atoms with Crippen LogP contribution in [0.4, 0.5) is 5.69 Å². The molecule has 2 N–H and O–H groups in total. The van der Waals surface area contributed by atoms with E-state index in [1.54, 1.807) is 12.1 Å². The van der Waals surface area contributed by atoms with Gasteiger partial charge in [-0.05, 0) is 12.1 Å². The van der Waals surface area contributed by atoms with Crippen molar-refractivity contribution in [1.29, 1.82) is 0 Å². The Hall–Kier alpha value is 0.422. The van der Waals surface area contributed by atoms with Crippen LogP contribution >= 0.6 is 34.8 Å². The molecule has 0 aliphatic carbocycles. The number of anilines is 1. The van der Waals surface area contributed by atoms with Gasteiger partial charge in [0.05, 0.1) is 15.1 Å². The predicted octanol–water partition coefficient (Wildman–Crippen LogP) is 2.05. The van der Waals surface area contributed by atoms with Crippen LogP contribution < -0.4 is 5.73 Å². The Balaban J connectivity index is 0.000001000. The lowest BCUT2D eigenvalue weighted by molar-refractivity contribution is 1.68. The summed E-state index contributed by atoms with van der Waals surface area (Å²) in [5.74, 6) is 0. The maximum Gasteiger partial charge on any atom is 0.187 e. The maximum absolute atomic E-state index is 5.63. The molecule has 0 spiro atoms. The number of halogens is 3. The van der Waals surface area contributed by atoms with Crippen LogP contribution in [-0.4, -0.2) is 17.4 Å². The number of rotatable bonds is 0. The van der Waals surface area contributed by atoms with Crippen LogP contribution in [0.15, 0.2) is 12.1 Å². The van der Waals surface area contributed by atoms with Crippen LogP contribution in [0.2, 0.25) is 15.1 Å². The van der Waals surface area contributed by atoms with Gasteiger partial charge in [0, 0.05) is 5.69 Å². The average Bonchev–Trinajstić information content (AvgIpc) is 1.82. The minimum atomic E-state index is 0. The summed E-state index contributed by atoms with van der Waals surface area (Å²) in [6, 6.07) is 3.10. The van der Waals surface area contributed by atoms with Crippen LogP contribution in [0.3, 0.4) is 0 Å².